The van der Waals surface area contributed by atoms with Crippen LogP contribution in [0.3, 0.4) is 0 Å². The molecular formula is C22H23NO. The predicted octanol–water partition coefficient (Wildman–Crippen LogP) is 5.34. The zero-order valence-electron chi connectivity index (χ0n) is 14.5. The number of nitrogens with one attached hydrogen (secondary N) is 1. The molecular weight excluding hydrogens is 294 g/mol. The van der Waals surface area contributed by atoms with Crippen LogP contribution in [-0.4, -0.2) is 5.91 Å². The van der Waals surface area contributed by atoms with E-state index in [-0.39, 0.29) is 5.91 Å². The van der Waals surface area contributed by atoms with E-state index < -0.39 is 0 Å². The number of aryl methyl sites for hydroxylation is 4. The second-order valence-electron chi connectivity index (χ2n) is 6.46. The summed E-state index contributed by atoms with van der Waals surface area (Å²) in [6.07, 6.45) is 1.23. The van der Waals surface area contributed by atoms with Gasteiger partial charge in [-0.15, -0.1) is 0 Å². The Labute approximate surface area is 143 Å². The third-order valence-electron chi connectivity index (χ3n) is 4.44. The maximum Gasteiger partial charge on any atom is 0.224 e. The molecule has 122 valence electrons. The lowest BCUT2D eigenvalue weighted by atomic mass is 10.0. The highest BCUT2D eigenvalue weighted by molar-refractivity contribution is 5.93. The summed E-state index contributed by atoms with van der Waals surface area (Å²) in [5, 5.41) is 5.54. The molecule has 0 aromatic heterocycles. The van der Waals surface area contributed by atoms with E-state index in [1.165, 1.54) is 21.9 Å². The summed E-state index contributed by atoms with van der Waals surface area (Å²) in [5.74, 6) is 0.0676. The van der Waals surface area contributed by atoms with Gasteiger partial charge in [-0.1, -0.05) is 60.2 Å². The van der Waals surface area contributed by atoms with Crippen molar-refractivity contribution < 1.29 is 4.79 Å². The molecule has 0 heterocycles. The Hall–Kier alpha value is -2.61. The number of amides is 1. The van der Waals surface area contributed by atoms with E-state index in [0.717, 1.165) is 23.2 Å². The molecule has 3 rings (SSSR count). The maximum atomic E-state index is 12.4. The molecule has 0 fully saturated rings. The van der Waals surface area contributed by atoms with Crippen LogP contribution < -0.4 is 5.32 Å². The quantitative estimate of drug-likeness (QED) is 0.691. The smallest absolute Gasteiger partial charge is 0.224 e. The van der Waals surface area contributed by atoms with E-state index >= 15 is 0 Å². The van der Waals surface area contributed by atoms with Crippen LogP contribution in [0.25, 0.3) is 10.8 Å². The van der Waals surface area contributed by atoms with Crippen LogP contribution in [0.15, 0.2) is 54.6 Å². The highest BCUT2D eigenvalue weighted by Crippen LogP contribution is 2.23. The van der Waals surface area contributed by atoms with E-state index in [9.17, 15) is 4.79 Å². The summed E-state index contributed by atoms with van der Waals surface area (Å²) in [5.41, 5.74) is 5.62. The number of rotatable bonds is 4. The molecule has 0 unspecified atom stereocenters. The lowest BCUT2D eigenvalue weighted by Crippen LogP contribution is -2.14. The fourth-order valence-corrected chi connectivity index (χ4v) is 3.34. The average molecular weight is 317 g/mol. The van der Waals surface area contributed by atoms with Crippen molar-refractivity contribution in [2.75, 3.05) is 5.32 Å². The molecule has 1 amide bonds. The number of hydrogen-bond donors (Lipinski definition) is 1. The number of benzene rings is 3. The average Bonchev–Trinajstić information content (AvgIpc) is 2.56. The molecule has 0 bridgehead atoms. The van der Waals surface area contributed by atoms with Gasteiger partial charge >= 0.3 is 0 Å². The zero-order chi connectivity index (χ0) is 17.1. The van der Waals surface area contributed by atoms with Gasteiger partial charge in [0.25, 0.3) is 0 Å². The van der Waals surface area contributed by atoms with Gasteiger partial charge in [0.15, 0.2) is 0 Å². The van der Waals surface area contributed by atoms with E-state index in [4.69, 9.17) is 0 Å². The SMILES string of the molecule is Cc1cc(C)c(NC(=O)CCc2cccc3ccccc23)c(C)c1. The molecule has 0 aliphatic rings. The molecule has 3 aromatic rings. The van der Waals surface area contributed by atoms with Gasteiger partial charge in [0.1, 0.15) is 0 Å². The van der Waals surface area contributed by atoms with Crippen LogP contribution in [0.2, 0.25) is 0 Å². The van der Waals surface area contributed by atoms with Crippen molar-refractivity contribution in [1.82, 2.24) is 0 Å². The largest absolute Gasteiger partial charge is 0.326 e. The van der Waals surface area contributed by atoms with Crippen molar-refractivity contribution in [2.24, 2.45) is 0 Å². The van der Waals surface area contributed by atoms with Gasteiger partial charge in [-0.05, 0) is 54.7 Å². The van der Waals surface area contributed by atoms with Gasteiger partial charge in [-0.3, -0.25) is 4.79 Å². The lowest BCUT2D eigenvalue weighted by Gasteiger charge is -2.13. The van der Waals surface area contributed by atoms with Gasteiger partial charge in [-0.25, -0.2) is 0 Å². The normalized spacial score (nSPS) is 10.8. The van der Waals surface area contributed by atoms with Crippen molar-refractivity contribution in [3.05, 3.63) is 76.9 Å². The minimum Gasteiger partial charge on any atom is -0.326 e. The lowest BCUT2D eigenvalue weighted by molar-refractivity contribution is -0.116. The minimum atomic E-state index is 0.0676. The Balaban J connectivity index is 1.72. The van der Waals surface area contributed by atoms with Crippen LogP contribution in [0.1, 0.15) is 28.7 Å². The number of carbonyl (C=O) groups excluding carboxylic acids is 1. The van der Waals surface area contributed by atoms with Crippen LogP contribution in [0, 0.1) is 20.8 Å². The van der Waals surface area contributed by atoms with E-state index in [1.54, 1.807) is 0 Å². The number of carbonyl (C=O) groups is 1. The van der Waals surface area contributed by atoms with Crippen molar-refractivity contribution in [1.29, 1.82) is 0 Å². The van der Waals surface area contributed by atoms with Gasteiger partial charge in [-0.2, -0.15) is 0 Å². The highest BCUT2D eigenvalue weighted by atomic mass is 16.1. The first-order valence-electron chi connectivity index (χ1n) is 8.39. The molecule has 2 heteroatoms. The molecule has 2 nitrogen and oxygen atoms in total. The molecule has 1 N–H and O–H groups in total. The van der Waals surface area contributed by atoms with Crippen LogP contribution in [0.4, 0.5) is 5.69 Å². The summed E-state index contributed by atoms with van der Waals surface area (Å²) in [4.78, 5) is 12.4. The van der Waals surface area contributed by atoms with E-state index in [2.05, 4.69) is 54.7 Å². The van der Waals surface area contributed by atoms with Gasteiger partial charge in [0.05, 0.1) is 0 Å². The van der Waals surface area contributed by atoms with Crippen LogP contribution in [0.5, 0.6) is 0 Å². The van der Waals surface area contributed by atoms with Gasteiger partial charge in [0, 0.05) is 12.1 Å². The van der Waals surface area contributed by atoms with Crippen molar-refractivity contribution in [3.63, 3.8) is 0 Å². The topological polar surface area (TPSA) is 29.1 Å². The summed E-state index contributed by atoms with van der Waals surface area (Å²) >= 11 is 0. The molecule has 0 aliphatic carbocycles. The Morgan fingerprint density at radius 1 is 0.917 bits per heavy atom. The molecule has 24 heavy (non-hydrogen) atoms. The zero-order valence-corrected chi connectivity index (χ0v) is 14.5. The van der Waals surface area contributed by atoms with Crippen LogP contribution >= 0.6 is 0 Å². The standard InChI is InChI=1S/C22H23NO/c1-15-13-16(2)22(17(3)14-15)23-21(24)12-11-19-9-6-8-18-7-4-5-10-20(18)19/h4-10,13-14H,11-12H2,1-3H3,(H,23,24). The highest BCUT2D eigenvalue weighted by Gasteiger charge is 2.09. The summed E-state index contributed by atoms with van der Waals surface area (Å²) < 4.78 is 0. The Bertz CT molecular complexity index is 867. The Kier molecular flexibility index (Phi) is 4.66. The first kappa shape index (κ1) is 16.3. The second-order valence-corrected chi connectivity index (χ2v) is 6.46. The fourth-order valence-electron chi connectivity index (χ4n) is 3.34. The van der Waals surface area contributed by atoms with Gasteiger partial charge < -0.3 is 5.32 Å². The fraction of sp³-hybridized carbons (Fsp3) is 0.227. The summed E-state index contributed by atoms with van der Waals surface area (Å²) in [6.45, 7) is 6.16. The molecule has 0 saturated carbocycles. The molecule has 0 saturated heterocycles. The van der Waals surface area contributed by atoms with Crippen molar-refractivity contribution >= 4 is 22.4 Å². The predicted molar refractivity (Wildman–Crippen MR) is 102 cm³/mol. The van der Waals surface area contributed by atoms with E-state index in [0.29, 0.717) is 6.42 Å². The Morgan fingerprint density at radius 2 is 1.58 bits per heavy atom. The molecule has 3 aromatic carbocycles. The monoisotopic (exact) mass is 317 g/mol. The van der Waals surface area contributed by atoms with Crippen LogP contribution in [-0.2, 0) is 11.2 Å². The molecule has 0 radical (unpaired) electrons. The number of anilines is 1. The first-order valence-corrected chi connectivity index (χ1v) is 8.39. The summed E-state index contributed by atoms with van der Waals surface area (Å²) in [6, 6.07) is 18.8. The third-order valence-corrected chi connectivity index (χ3v) is 4.44. The van der Waals surface area contributed by atoms with Crippen molar-refractivity contribution in [3.8, 4) is 0 Å². The molecule has 0 atom stereocenters. The van der Waals surface area contributed by atoms with E-state index in [1.807, 2.05) is 26.0 Å². The van der Waals surface area contributed by atoms with Crippen molar-refractivity contribution in [2.45, 2.75) is 33.6 Å². The number of fused-ring (bicyclic) bond motifs is 1. The second kappa shape index (κ2) is 6.88. The number of hydrogen-bond acceptors (Lipinski definition) is 1. The first-order chi connectivity index (χ1) is 11.5. The minimum absolute atomic E-state index is 0.0676. The third kappa shape index (κ3) is 3.48. The van der Waals surface area contributed by atoms with Gasteiger partial charge in [0.2, 0.25) is 5.91 Å². The molecule has 0 spiro atoms. The maximum absolute atomic E-state index is 12.4. The summed E-state index contributed by atoms with van der Waals surface area (Å²) in [7, 11) is 0. The molecule has 0 aliphatic heterocycles. The Morgan fingerprint density at radius 3 is 2.33 bits per heavy atom.